The molecule has 2 aromatic carbocycles. The molecule has 3 rings (SSSR count). The minimum absolute atomic E-state index is 0.106. The third-order valence-corrected chi connectivity index (χ3v) is 5.35. The summed E-state index contributed by atoms with van der Waals surface area (Å²) in [6.45, 7) is 7.96. The molecule has 0 unspecified atom stereocenters. The van der Waals surface area contributed by atoms with Gasteiger partial charge in [-0.1, -0.05) is 31.5 Å². The lowest BCUT2D eigenvalue weighted by Gasteiger charge is -2.24. The van der Waals surface area contributed by atoms with E-state index in [-0.39, 0.29) is 11.8 Å². The van der Waals surface area contributed by atoms with Crippen LogP contribution < -0.4 is 5.32 Å². The number of urea groups is 1. The van der Waals surface area contributed by atoms with E-state index in [1.807, 2.05) is 54.4 Å². The lowest BCUT2D eigenvalue weighted by atomic mass is 10.1. The fourth-order valence-corrected chi connectivity index (χ4v) is 3.40. The average molecular weight is 408 g/mol. The van der Waals surface area contributed by atoms with Crippen molar-refractivity contribution < 1.29 is 9.18 Å². The first-order chi connectivity index (χ1) is 14.5. The summed E-state index contributed by atoms with van der Waals surface area (Å²) in [4.78, 5) is 14.9. The molecule has 0 bridgehead atoms. The molecule has 0 saturated carbocycles. The van der Waals surface area contributed by atoms with Gasteiger partial charge in [0.25, 0.3) is 0 Å². The molecule has 0 aliphatic carbocycles. The molecule has 0 spiro atoms. The first kappa shape index (κ1) is 21.6. The fraction of sp³-hybridized carbons (Fsp3) is 0.320. The SMILES string of the molecule is CCCCN(Cc1cccn1Cc1cccc(F)c1)C(=O)Nc1ccc(C)c(C)c1. The molecule has 3 aromatic rings. The number of halogens is 1. The highest BCUT2D eigenvalue weighted by atomic mass is 19.1. The number of benzene rings is 2. The number of rotatable bonds is 8. The van der Waals surface area contributed by atoms with E-state index < -0.39 is 0 Å². The number of nitrogens with one attached hydrogen (secondary N) is 1. The van der Waals surface area contributed by atoms with Gasteiger partial charge in [0.05, 0.1) is 6.54 Å². The topological polar surface area (TPSA) is 37.3 Å². The highest BCUT2D eigenvalue weighted by Crippen LogP contribution is 2.17. The second-order valence-electron chi connectivity index (χ2n) is 7.76. The van der Waals surface area contributed by atoms with Gasteiger partial charge in [0.15, 0.2) is 0 Å². The van der Waals surface area contributed by atoms with E-state index in [1.54, 1.807) is 12.1 Å². The lowest BCUT2D eigenvalue weighted by molar-refractivity contribution is 0.207. The molecule has 5 heteroatoms. The second kappa shape index (κ2) is 10.1. The number of unbranched alkanes of at least 4 members (excludes halogenated alkanes) is 1. The van der Waals surface area contributed by atoms with Crippen LogP contribution in [0.5, 0.6) is 0 Å². The first-order valence-electron chi connectivity index (χ1n) is 10.5. The number of hydrogen-bond acceptors (Lipinski definition) is 1. The summed E-state index contributed by atoms with van der Waals surface area (Å²) in [7, 11) is 0. The van der Waals surface area contributed by atoms with Gasteiger partial charge in [-0.3, -0.25) is 0 Å². The minimum atomic E-state index is -0.237. The first-order valence-corrected chi connectivity index (χ1v) is 10.5. The van der Waals surface area contributed by atoms with Gasteiger partial charge in [0, 0.05) is 30.7 Å². The summed E-state index contributed by atoms with van der Waals surface area (Å²) in [6.07, 6.45) is 3.92. The lowest BCUT2D eigenvalue weighted by Crippen LogP contribution is -2.36. The molecule has 2 amide bonds. The Morgan fingerprint density at radius 3 is 2.63 bits per heavy atom. The molecule has 0 saturated heterocycles. The maximum Gasteiger partial charge on any atom is 0.322 e. The van der Waals surface area contributed by atoms with Crippen molar-refractivity contribution >= 4 is 11.7 Å². The van der Waals surface area contributed by atoms with Crippen LogP contribution in [-0.2, 0) is 13.1 Å². The smallest absolute Gasteiger partial charge is 0.322 e. The maximum absolute atomic E-state index is 13.5. The van der Waals surface area contributed by atoms with E-state index >= 15 is 0 Å². The molecule has 1 heterocycles. The molecular formula is C25H30FN3O. The van der Waals surface area contributed by atoms with Crippen LogP contribution in [0.2, 0.25) is 0 Å². The van der Waals surface area contributed by atoms with Gasteiger partial charge in [-0.2, -0.15) is 0 Å². The number of carbonyl (C=O) groups is 1. The van der Waals surface area contributed by atoms with Gasteiger partial charge in [0.1, 0.15) is 5.82 Å². The molecular weight excluding hydrogens is 377 g/mol. The predicted octanol–water partition coefficient (Wildman–Crippen LogP) is 6.13. The molecule has 0 aliphatic rings. The van der Waals surface area contributed by atoms with Crippen molar-refractivity contribution in [2.24, 2.45) is 0 Å². The van der Waals surface area contributed by atoms with Gasteiger partial charge in [-0.25, -0.2) is 9.18 Å². The van der Waals surface area contributed by atoms with Crippen molar-refractivity contribution in [3.8, 4) is 0 Å². The van der Waals surface area contributed by atoms with E-state index in [4.69, 9.17) is 0 Å². The van der Waals surface area contributed by atoms with E-state index in [0.717, 1.165) is 35.3 Å². The average Bonchev–Trinajstić information content (AvgIpc) is 3.14. The van der Waals surface area contributed by atoms with Crippen molar-refractivity contribution in [1.82, 2.24) is 9.47 Å². The van der Waals surface area contributed by atoms with Crippen molar-refractivity contribution in [3.63, 3.8) is 0 Å². The van der Waals surface area contributed by atoms with E-state index in [1.165, 1.54) is 11.6 Å². The Kier molecular flexibility index (Phi) is 7.28. The molecule has 0 radical (unpaired) electrons. The Morgan fingerprint density at radius 1 is 1.07 bits per heavy atom. The summed E-state index contributed by atoms with van der Waals surface area (Å²) >= 11 is 0. The molecule has 1 N–H and O–H groups in total. The normalized spacial score (nSPS) is 10.8. The van der Waals surface area contributed by atoms with Crippen LogP contribution in [0.15, 0.2) is 60.8 Å². The number of nitrogens with zero attached hydrogens (tertiary/aromatic N) is 2. The quantitative estimate of drug-likeness (QED) is 0.479. The summed E-state index contributed by atoms with van der Waals surface area (Å²) in [5.74, 6) is -0.237. The largest absolute Gasteiger partial charge is 0.345 e. The summed E-state index contributed by atoms with van der Waals surface area (Å²) < 4.78 is 15.6. The molecule has 4 nitrogen and oxygen atoms in total. The Labute approximate surface area is 178 Å². The Morgan fingerprint density at radius 2 is 1.90 bits per heavy atom. The monoisotopic (exact) mass is 407 g/mol. The Hall–Kier alpha value is -3.08. The molecule has 0 atom stereocenters. The van der Waals surface area contributed by atoms with E-state index in [0.29, 0.717) is 19.6 Å². The van der Waals surface area contributed by atoms with Gasteiger partial charge < -0.3 is 14.8 Å². The van der Waals surface area contributed by atoms with Crippen LogP contribution in [0, 0.1) is 19.7 Å². The molecule has 0 aliphatic heterocycles. The number of carbonyl (C=O) groups excluding carboxylic acids is 1. The van der Waals surface area contributed by atoms with Gasteiger partial charge in [0.2, 0.25) is 0 Å². The Balaban J connectivity index is 1.74. The van der Waals surface area contributed by atoms with Gasteiger partial charge in [-0.05, 0) is 73.4 Å². The molecule has 1 aromatic heterocycles. The van der Waals surface area contributed by atoms with Crippen molar-refractivity contribution in [3.05, 3.63) is 89.0 Å². The highest BCUT2D eigenvalue weighted by Gasteiger charge is 2.16. The fourth-order valence-electron chi connectivity index (χ4n) is 3.40. The summed E-state index contributed by atoms with van der Waals surface area (Å²) in [6, 6.07) is 16.5. The van der Waals surface area contributed by atoms with E-state index in [2.05, 4.69) is 23.7 Å². The molecule has 158 valence electrons. The third-order valence-electron chi connectivity index (χ3n) is 5.35. The predicted molar refractivity (Wildman–Crippen MR) is 120 cm³/mol. The van der Waals surface area contributed by atoms with Crippen LogP contribution in [-0.4, -0.2) is 22.0 Å². The number of aryl methyl sites for hydroxylation is 2. The van der Waals surface area contributed by atoms with Gasteiger partial charge >= 0.3 is 6.03 Å². The van der Waals surface area contributed by atoms with Crippen LogP contribution >= 0.6 is 0 Å². The van der Waals surface area contributed by atoms with Crippen molar-refractivity contribution in [1.29, 1.82) is 0 Å². The van der Waals surface area contributed by atoms with Crippen molar-refractivity contribution in [2.45, 2.75) is 46.7 Å². The number of amides is 2. The zero-order valence-electron chi connectivity index (χ0n) is 18.0. The highest BCUT2D eigenvalue weighted by molar-refractivity contribution is 5.89. The minimum Gasteiger partial charge on any atom is -0.345 e. The standard InChI is InChI=1S/C25H30FN3O/c1-4-5-13-29(25(30)27-23-12-11-19(2)20(3)15-23)18-24-10-7-14-28(24)17-21-8-6-9-22(26)16-21/h6-12,14-16H,4-5,13,17-18H2,1-3H3,(H,27,30). The van der Waals surface area contributed by atoms with Crippen LogP contribution in [0.4, 0.5) is 14.9 Å². The van der Waals surface area contributed by atoms with E-state index in [9.17, 15) is 9.18 Å². The third kappa shape index (κ3) is 5.72. The van der Waals surface area contributed by atoms with Crippen LogP contribution in [0.25, 0.3) is 0 Å². The zero-order valence-corrected chi connectivity index (χ0v) is 18.0. The Bertz CT molecular complexity index is 996. The summed E-state index contributed by atoms with van der Waals surface area (Å²) in [5.41, 5.74) is 5.07. The molecule has 0 fully saturated rings. The van der Waals surface area contributed by atoms with Gasteiger partial charge in [-0.15, -0.1) is 0 Å². The van der Waals surface area contributed by atoms with Crippen molar-refractivity contribution in [2.75, 3.05) is 11.9 Å². The molecule has 30 heavy (non-hydrogen) atoms. The van der Waals surface area contributed by atoms with Crippen LogP contribution in [0.3, 0.4) is 0 Å². The number of hydrogen-bond donors (Lipinski definition) is 1. The second-order valence-corrected chi connectivity index (χ2v) is 7.76. The number of aromatic nitrogens is 1. The summed E-state index contributed by atoms with van der Waals surface area (Å²) in [5, 5.41) is 3.04. The van der Waals surface area contributed by atoms with Crippen LogP contribution in [0.1, 0.15) is 42.1 Å². The zero-order chi connectivity index (χ0) is 21.5. The number of anilines is 1. The maximum atomic E-state index is 13.5.